The average molecular weight is 456 g/mol. The molecule has 0 bridgehead atoms. The van der Waals surface area contributed by atoms with Crippen molar-refractivity contribution in [1.29, 1.82) is 0 Å². The third-order valence-corrected chi connectivity index (χ3v) is 6.06. The number of hydrogen-bond acceptors (Lipinski definition) is 4. The summed E-state index contributed by atoms with van der Waals surface area (Å²) in [6.45, 7) is 3.18. The Morgan fingerprint density at radius 2 is 1.88 bits per heavy atom. The maximum Gasteiger partial charge on any atom is 0.322 e. The summed E-state index contributed by atoms with van der Waals surface area (Å²) in [7, 11) is 0. The number of pyridine rings is 1. The molecule has 0 spiro atoms. The molecule has 2 aliphatic rings. The molecule has 8 nitrogen and oxygen atoms in total. The number of urea groups is 1. The molecule has 1 aromatic heterocycles. The smallest absolute Gasteiger partial charge is 0.312 e. The third kappa shape index (κ3) is 5.02. The van der Waals surface area contributed by atoms with E-state index in [0.717, 1.165) is 18.5 Å². The van der Waals surface area contributed by atoms with E-state index in [1.54, 1.807) is 52.4 Å². The predicted molar refractivity (Wildman–Crippen MR) is 124 cm³/mol. The lowest BCUT2D eigenvalue weighted by atomic mass is 10.1. The van der Waals surface area contributed by atoms with Gasteiger partial charge in [0.1, 0.15) is 11.9 Å². The van der Waals surface area contributed by atoms with Gasteiger partial charge in [0, 0.05) is 30.2 Å². The summed E-state index contributed by atoms with van der Waals surface area (Å²) in [5, 5.41) is 6.21. The normalized spacial score (nSPS) is 20.9. The van der Waals surface area contributed by atoms with Crippen molar-refractivity contribution in [2.24, 2.45) is 5.92 Å². The largest absolute Gasteiger partial charge is 0.322 e. The SMILES string of the molecule is C[C@@H]1C[C@H](C(=O)Nc2ccc(N3CCCCC3=O)cn2)N(C(=O)Nc2ccc(Cl)cc2)C1. The first kappa shape index (κ1) is 22.1. The first-order chi connectivity index (χ1) is 15.4. The van der Waals surface area contributed by atoms with Crippen LogP contribution < -0.4 is 15.5 Å². The summed E-state index contributed by atoms with van der Waals surface area (Å²) < 4.78 is 0. The molecule has 2 fully saturated rings. The van der Waals surface area contributed by atoms with Gasteiger partial charge >= 0.3 is 6.03 Å². The zero-order chi connectivity index (χ0) is 22.7. The van der Waals surface area contributed by atoms with E-state index in [1.165, 1.54) is 0 Å². The fourth-order valence-corrected chi connectivity index (χ4v) is 4.28. The van der Waals surface area contributed by atoms with Gasteiger partial charge in [-0.3, -0.25) is 9.59 Å². The Kier molecular flexibility index (Phi) is 6.60. The summed E-state index contributed by atoms with van der Waals surface area (Å²) >= 11 is 5.90. The lowest BCUT2D eigenvalue weighted by molar-refractivity contribution is -0.120. The summed E-state index contributed by atoms with van der Waals surface area (Å²) in [4.78, 5) is 45.4. The number of halogens is 1. The maximum atomic E-state index is 13.0. The molecule has 2 aromatic rings. The highest BCUT2D eigenvalue weighted by Crippen LogP contribution is 2.26. The average Bonchev–Trinajstić information content (AvgIpc) is 3.18. The summed E-state index contributed by atoms with van der Waals surface area (Å²) in [5.41, 5.74) is 1.34. The molecule has 2 N–H and O–H groups in total. The Balaban J connectivity index is 1.40. The molecule has 2 aliphatic heterocycles. The molecule has 0 radical (unpaired) electrons. The molecule has 168 valence electrons. The number of benzene rings is 1. The number of carbonyl (C=O) groups is 3. The van der Waals surface area contributed by atoms with Crippen LogP contribution in [0.1, 0.15) is 32.6 Å². The molecule has 0 aliphatic carbocycles. The molecule has 9 heteroatoms. The molecule has 3 heterocycles. The number of hydrogen-bond donors (Lipinski definition) is 2. The van der Waals surface area contributed by atoms with Crippen molar-refractivity contribution in [3.8, 4) is 0 Å². The number of rotatable bonds is 4. The van der Waals surface area contributed by atoms with Crippen LogP contribution >= 0.6 is 11.6 Å². The number of nitrogens with one attached hydrogen (secondary N) is 2. The highest BCUT2D eigenvalue weighted by atomic mass is 35.5. The number of aromatic nitrogens is 1. The molecule has 4 amide bonds. The van der Waals surface area contributed by atoms with E-state index in [9.17, 15) is 14.4 Å². The van der Waals surface area contributed by atoms with Gasteiger partial charge in [-0.25, -0.2) is 9.78 Å². The first-order valence-electron chi connectivity index (χ1n) is 10.8. The van der Waals surface area contributed by atoms with Gasteiger partial charge in [-0.15, -0.1) is 0 Å². The minimum Gasteiger partial charge on any atom is -0.312 e. The minimum atomic E-state index is -0.595. The summed E-state index contributed by atoms with van der Waals surface area (Å²) in [5.74, 6) is 0.398. The van der Waals surface area contributed by atoms with Crippen LogP contribution in [0.25, 0.3) is 0 Å². The Morgan fingerprint density at radius 3 is 2.56 bits per heavy atom. The third-order valence-electron chi connectivity index (χ3n) is 5.80. The number of carbonyl (C=O) groups excluding carboxylic acids is 3. The maximum absolute atomic E-state index is 13.0. The van der Waals surface area contributed by atoms with Crippen LogP contribution in [0.15, 0.2) is 42.6 Å². The van der Waals surface area contributed by atoms with Gasteiger partial charge < -0.3 is 20.4 Å². The highest BCUT2D eigenvalue weighted by molar-refractivity contribution is 6.30. The van der Waals surface area contributed by atoms with Gasteiger partial charge in [0.25, 0.3) is 0 Å². The van der Waals surface area contributed by atoms with Crippen LogP contribution in [0.5, 0.6) is 0 Å². The second-order valence-corrected chi connectivity index (χ2v) is 8.78. The molecule has 1 aromatic carbocycles. The van der Waals surface area contributed by atoms with Gasteiger partial charge in [-0.2, -0.15) is 0 Å². The van der Waals surface area contributed by atoms with Crippen LogP contribution in [-0.2, 0) is 9.59 Å². The molecular weight excluding hydrogens is 430 g/mol. The fourth-order valence-electron chi connectivity index (χ4n) is 4.16. The Morgan fingerprint density at radius 1 is 1.09 bits per heavy atom. The van der Waals surface area contributed by atoms with Crippen molar-refractivity contribution in [3.63, 3.8) is 0 Å². The van der Waals surface area contributed by atoms with Crippen LogP contribution in [0.3, 0.4) is 0 Å². The standard InChI is InChI=1S/C23H26ClN5O3/c1-15-12-19(29(14-15)23(32)26-17-7-5-16(24)6-8-17)22(31)27-20-10-9-18(13-25-20)28-11-3-2-4-21(28)30/h5-10,13,15,19H,2-4,11-12,14H2,1H3,(H,26,32)(H,25,27,31)/t15-,19-/m1/s1. The van der Waals surface area contributed by atoms with Gasteiger partial charge in [-0.1, -0.05) is 18.5 Å². The highest BCUT2D eigenvalue weighted by Gasteiger charge is 2.38. The Bertz CT molecular complexity index is 996. The number of likely N-dealkylation sites (tertiary alicyclic amines) is 1. The number of anilines is 3. The van der Waals surface area contributed by atoms with Gasteiger partial charge in [0.15, 0.2) is 0 Å². The van der Waals surface area contributed by atoms with E-state index < -0.39 is 6.04 Å². The van der Waals surface area contributed by atoms with Crippen LogP contribution in [0, 0.1) is 5.92 Å². The molecule has 2 saturated heterocycles. The monoisotopic (exact) mass is 455 g/mol. The van der Waals surface area contributed by atoms with E-state index in [1.807, 2.05) is 6.92 Å². The van der Waals surface area contributed by atoms with Crippen molar-refractivity contribution in [1.82, 2.24) is 9.88 Å². The lowest BCUT2D eigenvalue weighted by Crippen LogP contribution is -2.45. The lowest BCUT2D eigenvalue weighted by Gasteiger charge is -2.26. The summed E-state index contributed by atoms with van der Waals surface area (Å²) in [6.07, 6.45) is 4.60. The molecule has 0 unspecified atom stereocenters. The van der Waals surface area contributed by atoms with Gasteiger partial charge in [-0.05, 0) is 61.6 Å². The molecule has 32 heavy (non-hydrogen) atoms. The second kappa shape index (κ2) is 9.56. The fraction of sp³-hybridized carbons (Fsp3) is 0.391. The zero-order valence-corrected chi connectivity index (χ0v) is 18.6. The molecular formula is C23H26ClN5O3. The molecule has 2 atom stereocenters. The minimum absolute atomic E-state index is 0.0946. The van der Waals surface area contributed by atoms with Crippen molar-refractivity contribution >= 4 is 46.6 Å². The van der Waals surface area contributed by atoms with Crippen molar-refractivity contribution < 1.29 is 14.4 Å². The first-order valence-corrected chi connectivity index (χ1v) is 11.2. The topological polar surface area (TPSA) is 94.6 Å². The van der Waals surface area contributed by atoms with Crippen molar-refractivity contribution in [2.75, 3.05) is 28.6 Å². The van der Waals surface area contributed by atoms with Gasteiger partial charge in [0.2, 0.25) is 11.8 Å². The van der Waals surface area contributed by atoms with Gasteiger partial charge in [0.05, 0.1) is 11.9 Å². The van der Waals surface area contributed by atoms with E-state index in [-0.39, 0.29) is 23.8 Å². The zero-order valence-electron chi connectivity index (χ0n) is 17.9. The van der Waals surface area contributed by atoms with Crippen LogP contribution in [0.2, 0.25) is 5.02 Å². The van der Waals surface area contributed by atoms with E-state index in [0.29, 0.717) is 42.5 Å². The van der Waals surface area contributed by atoms with E-state index in [2.05, 4.69) is 15.6 Å². The van der Waals surface area contributed by atoms with Crippen molar-refractivity contribution in [3.05, 3.63) is 47.6 Å². The molecule has 0 saturated carbocycles. The van der Waals surface area contributed by atoms with Crippen LogP contribution in [-0.4, -0.2) is 46.9 Å². The van der Waals surface area contributed by atoms with E-state index >= 15 is 0 Å². The number of amides is 4. The number of nitrogens with zero attached hydrogens (tertiary/aromatic N) is 3. The second-order valence-electron chi connectivity index (χ2n) is 8.34. The van der Waals surface area contributed by atoms with Crippen molar-refractivity contribution in [2.45, 2.75) is 38.6 Å². The Hall–Kier alpha value is -3.13. The molecule has 4 rings (SSSR count). The van der Waals surface area contributed by atoms with Crippen LogP contribution in [0.4, 0.5) is 22.0 Å². The van der Waals surface area contributed by atoms with E-state index in [4.69, 9.17) is 11.6 Å². The predicted octanol–water partition coefficient (Wildman–Crippen LogP) is 4.13. The summed E-state index contributed by atoms with van der Waals surface area (Å²) in [6, 6.07) is 9.37. The quantitative estimate of drug-likeness (QED) is 0.724. The number of piperidine rings is 1. The Labute approximate surface area is 191 Å².